The number of hydrogen-bond donors (Lipinski definition) is 1. The van der Waals surface area contributed by atoms with Gasteiger partial charge in [0.2, 0.25) is 0 Å². The predicted octanol–water partition coefficient (Wildman–Crippen LogP) is 3.10. The number of hydrogen-bond acceptors (Lipinski definition) is 4. The molecule has 0 radical (unpaired) electrons. The van der Waals surface area contributed by atoms with E-state index in [-0.39, 0.29) is 6.04 Å². The van der Waals surface area contributed by atoms with Gasteiger partial charge in [0.05, 0.1) is 5.69 Å². The van der Waals surface area contributed by atoms with E-state index < -0.39 is 0 Å². The normalized spacial score (nSPS) is 23.2. The molecule has 1 fully saturated rings. The third kappa shape index (κ3) is 2.41. The molecule has 18 heavy (non-hydrogen) atoms. The molecule has 0 amide bonds. The molecule has 0 aliphatic heterocycles. The van der Waals surface area contributed by atoms with Gasteiger partial charge in [0, 0.05) is 23.5 Å². The van der Waals surface area contributed by atoms with Crippen LogP contribution in [0.2, 0.25) is 0 Å². The van der Waals surface area contributed by atoms with Gasteiger partial charge in [0.15, 0.2) is 5.13 Å². The molecule has 3 rings (SSSR count). The highest BCUT2D eigenvalue weighted by atomic mass is 32.1. The molecule has 1 saturated carbocycles. The van der Waals surface area contributed by atoms with E-state index in [1.54, 1.807) is 0 Å². The van der Waals surface area contributed by atoms with Crippen LogP contribution in [0.4, 0.5) is 5.13 Å². The number of fused-ring (bicyclic) bond motifs is 1. The molecule has 4 heteroatoms. The lowest BCUT2D eigenvalue weighted by Crippen LogP contribution is -2.32. The maximum atomic E-state index is 6.20. The number of aromatic nitrogens is 1. The zero-order chi connectivity index (χ0) is 12.7. The highest BCUT2D eigenvalue weighted by molar-refractivity contribution is 7.15. The summed E-state index contributed by atoms with van der Waals surface area (Å²) in [5, 5.41) is 1.21. The third-order valence-electron chi connectivity index (χ3n) is 4.00. The van der Waals surface area contributed by atoms with Gasteiger partial charge in [-0.2, -0.15) is 0 Å². The van der Waals surface area contributed by atoms with Crippen molar-refractivity contribution in [2.24, 2.45) is 11.7 Å². The third-order valence-corrected chi connectivity index (χ3v) is 5.27. The van der Waals surface area contributed by atoms with E-state index in [2.05, 4.69) is 18.7 Å². The Morgan fingerprint density at radius 2 is 2.17 bits per heavy atom. The summed E-state index contributed by atoms with van der Waals surface area (Å²) in [6, 6.07) is 0.768. The van der Waals surface area contributed by atoms with Crippen molar-refractivity contribution in [3.63, 3.8) is 0 Å². The van der Waals surface area contributed by atoms with Crippen molar-refractivity contribution in [3.8, 4) is 0 Å². The van der Waals surface area contributed by atoms with Crippen molar-refractivity contribution < 1.29 is 0 Å². The topological polar surface area (TPSA) is 42.2 Å². The second-order valence-corrected chi connectivity index (χ2v) is 7.00. The van der Waals surface area contributed by atoms with Gasteiger partial charge in [-0.25, -0.2) is 4.98 Å². The van der Waals surface area contributed by atoms with Crippen molar-refractivity contribution in [3.05, 3.63) is 10.6 Å². The molecular weight excluding hydrogens is 242 g/mol. The number of anilines is 1. The fraction of sp³-hybridized carbons (Fsp3) is 0.786. The number of aryl methyl sites for hydroxylation is 1. The standard InChI is InChI=1S/C14H23N3S/c1-9(2)17(8-10-6-7-10)14-16-12-5-3-4-11(15)13(12)18-14/h9-11H,3-8,15H2,1-2H3. The maximum absolute atomic E-state index is 6.20. The minimum atomic E-state index is 0.231. The minimum Gasteiger partial charge on any atom is -0.345 e. The summed E-state index contributed by atoms with van der Waals surface area (Å²) >= 11 is 1.84. The lowest BCUT2D eigenvalue weighted by atomic mass is 9.99. The second-order valence-electron chi connectivity index (χ2n) is 6.00. The predicted molar refractivity (Wildman–Crippen MR) is 77.2 cm³/mol. The maximum Gasteiger partial charge on any atom is 0.186 e. The van der Waals surface area contributed by atoms with E-state index in [4.69, 9.17) is 10.7 Å². The first-order valence-electron chi connectivity index (χ1n) is 7.17. The van der Waals surface area contributed by atoms with Crippen molar-refractivity contribution in [1.29, 1.82) is 0 Å². The van der Waals surface area contributed by atoms with E-state index in [1.807, 2.05) is 11.3 Å². The Balaban J connectivity index is 1.84. The molecule has 1 heterocycles. The van der Waals surface area contributed by atoms with E-state index in [1.165, 1.54) is 41.5 Å². The largest absolute Gasteiger partial charge is 0.345 e. The van der Waals surface area contributed by atoms with Gasteiger partial charge in [0.1, 0.15) is 0 Å². The summed E-state index contributed by atoms with van der Waals surface area (Å²) in [6.45, 7) is 5.71. The molecule has 1 aromatic rings. The highest BCUT2D eigenvalue weighted by Gasteiger charge is 2.29. The van der Waals surface area contributed by atoms with Crippen LogP contribution in [0.25, 0.3) is 0 Å². The first kappa shape index (κ1) is 12.4. The Bertz CT molecular complexity index is 423. The molecular formula is C14H23N3S. The summed E-state index contributed by atoms with van der Waals surface area (Å²) in [6.07, 6.45) is 6.23. The van der Waals surface area contributed by atoms with Crippen LogP contribution >= 0.6 is 11.3 Å². The summed E-state index contributed by atoms with van der Waals surface area (Å²) in [5.41, 5.74) is 7.47. The van der Waals surface area contributed by atoms with Crippen LogP contribution in [-0.4, -0.2) is 17.6 Å². The lowest BCUT2D eigenvalue weighted by molar-refractivity contribution is 0.572. The van der Waals surface area contributed by atoms with Crippen LogP contribution in [0.5, 0.6) is 0 Å². The smallest absolute Gasteiger partial charge is 0.186 e. The number of thiazole rings is 1. The molecule has 0 spiro atoms. The summed E-state index contributed by atoms with van der Waals surface area (Å²) < 4.78 is 0. The quantitative estimate of drug-likeness (QED) is 0.909. The second kappa shape index (κ2) is 4.82. The van der Waals surface area contributed by atoms with Gasteiger partial charge in [-0.05, 0) is 51.9 Å². The number of nitrogens with two attached hydrogens (primary N) is 1. The summed E-state index contributed by atoms with van der Waals surface area (Å²) in [5.74, 6) is 0.905. The van der Waals surface area contributed by atoms with E-state index >= 15 is 0 Å². The number of nitrogens with zero attached hydrogens (tertiary/aromatic N) is 2. The molecule has 1 aromatic heterocycles. The van der Waals surface area contributed by atoms with Crippen molar-refractivity contribution >= 4 is 16.5 Å². The monoisotopic (exact) mass is 265 g/mol. The Morgan fingerprint density at radius 3 is 2.78 bits per heavy atom. The summed E-state index contributed by atoms with van der Waals surface area (Å²) in [4.78, 5) is 8.69. The summed E-state index contributed by atoms with van der Waals surface area (Å²) in [7, 11) is 0. The molecule has 2 aliphatic carbocycles. The van der Waals surface area contributed by atoms with Gasteiger partial charge in [0.25, 0.3) is 0 Å². The first-order valence-corrected chi connectivity index (χ1v) is 7.98. The Kier molecular flexibility index (Phi) is 3.32. The number of rotatable bonds is 4. The average molecular weight is 265 g/mol. The van der Waals surface area contributed by atoms with Gasteiger partial charge >= 0.3 is 0 Å². The fourth-order valence-corrected chi connectivity index (χ4v) is 3.94. The van der Waals surface area contributed by atoms with Gasteiger partial charge in [-0.1, -0.05) is 11.3 Å². The Hall–Kier alpha value is -0.610. The van der Waals surface area contributed by atoms with Crippen molar-refractivity contribution in [2.45, 2.75) is 58.0 Å². The molecule has 1 atom stereocenters. The first-order chi connectivity index (χ1) is 8.65. The van der Waals surface area contributed by atoms with Gasteiger partial charge in [-0.15, -0.1) is 0 Å². The van der Waals surface area contributed by atoms with Crippen LogP contribution in [0.1, 0.15) is 56.1 Å². The average Bonchev–Trinajstić information content (AvgIpc) is 3.04. The zero-order valence-electron chi connectivity index (χ0n) is 11.4. The SMILES string of the molecule is CC(C)N(CC1CC1)c1nc2c(s1)C(N)CCC2. The molecule has 1 unspecified atom stereocenters. The Morgan fingerprint density at radius 1 is 1.39 bits per heavy atom. The van der Waals surface area contributed by atoms with Gasteiger partial charge in [-0.3, -0.25) is 0 Å². The molecule has 0 aromatic carbocycles. The lowest BCUT2D eigenvalue weighted by Gasteiger charge is -2.26. The van der Waals surface area contributed by atoms with Crippen LogP contribution < -0.4 is 10.6 Å². The van der Waals surface area contributed by atoms with E-state index in [9.17, 15) is 0 Å². The minimum absolute atomic E-state index is 0.231. The molecule has 0 saturated heterocycles. The van der Waals surface area contributed by atoms with E-state index in [0.29, 0.717) is 6.04 Å². The van der Waals surface area contributed by atoms with Crippen LogP contribution in [0, 0.1) is 5.92 Å². The Labute approximate surface area is 113 Å². The van der Waals surface area contributed by atoms with Crippen molar-refractivity contribution in [1.82, 2.24) is 4.98 Å². The van der Waals surface area contributed by atoms with E-state index in [0.717, 1.165) is 18.8 Å². The van der Waals surface area contributed by atoms with Crippen LogP contribution in [-0.2, 0) is 6.42 Å². The van der Waals surface area contributed by atoms with Crippen molar-refractivity contribution in [2.75, 3.05) is 11.4 Å². The molecule has 3 nitrogen and oxygen atoms in total. The molecule has 2 N–H and O–H groups in total. The molecule has 0 bridgehead atoms. The highest BCUT2D eigenvalue weighted by Crippen LogP contribution is 2.39. The molecule has 100 valence electrons. The van der Waals surface area contributed by atoms with Gasteiger partial charge < -0.3 is 10.6 Å². The van der Waals surface area contributed by atoms with Crippen LogP contribution in [0.15, 0.2) is 0 Å². The fourth-order valence-electron chi connectivity index (χ4n) is 2.65. The zero-order valence-corrected chi connectivity index (χ0v) is 12.2. The van der Waals surface area contributed by atoms with Crippen LogP contribution in [0.3, 0.4) is 0 Å². The molecule has 2 aliphatic rings.